The lowest BCUT2D eigenvalue weighted by molar-refractivity contribution is -0.147. The lowest BCUT2D eigenvalue weighted by atomic mass is 9.63. The Hall–Kier alpha value is -1.31. The van der Waals surface area contributed by atoms with Crippen LogP contribution in [0.15, 0.2) is 12.1 Å². The van der Waals surface area contributed by atoms with E-state index in [9.17, 15) is 9.90 Å². The van der Waals surface area contributed by atoms with Crippen LogP contribution in [0.25, 0.3) is 0 Å². The van der Waals surface area contributed by atoms with Crippen molar-refractivity contribution in [1.29, 1.82) is 0 Å². The SMILES string of the molecule is Cc1cc(C)c(C)c(C2(C(=O)O)CCC2)c1. The van der Waals surface area contributed by atoms with Gasteiger partial charge in [-0.05, 0) is 50.3 Å². The van der Waals surface area contributed by atoms with Crippen molar-refractivity contribution in [1.82, 2.24) is 0 Å². The van der Waals surface area contributed by atoms with E-state index in [1.165, 1.54) is 5.56 Å². The Morgan fingerprint density at radius 2 is 1.88 bits per heavy atom. The van der Waals surface area contributed by atoms with E-state index >= 15 is 0 Å². The summed E-state index contributed by atoms with van der Waals surface area (Å²) in [6.07, 6.45) is 2.59. The van der Waals surface area contributed by atoms with E-state index in [2.05, 4.69) is 19.1 Å². The number of carboxylic acid groups (broad SMARTS) is 1. The quantitative estimate of drug-likeness (QED) is 0.828. The summed E-state index contributed by atoms with van der Waals surface area (Å²) in [5.41, 5.74) is 3.94. The fourth-order valence-corrected chi connectivity index (χ4v) is 2.67. The largest absolute Gasteiger partial charge is 0.481 e. The number of aryl methyl sites for hydroxylation is 2. The minimum absolute atomic E-state index is 0.596. The third-order valence-corrected chi connectivity index (χ3v) is 3.94. The topological polar surface area (TPSA) is 37.3 Å². The first-order valence-corrected chi connectivity index (χ1v) is 5.79. The molecular formula is C14H18O2. The predicted octanol–water partition coefficient (Wildman–Crippen LogP) is 3.12. The number of aliphatic carboxylic acids is 1. The first-order chi connectivity index (χ1) is 7.47. The van der Waals surface area contributed by atoms with Crippen molar-refractivity contribution in [3.63, 3.8) is 0 Å². The Bertz CT molecular complexity index is 442. The minimum Gasteiger partial charge on any atom is -0.481 e. The second kappa shape index (κ2) is 3.62. The molecular weight excluding hydrogens is 200 g/mol. The Morgan fingerprint density at radius 1 is 1.25 bits per heavy atom. The molecule has 86 valence electrons. The molecule has 2 rings (SSSR count). The van der Waals surface area contributed by atoms with E-state index in [-0.39, 0.29) is 0 Å². The highest BCUT2D eigenvalue weighted by Crippen LogP contribution is 2.45. The summed E-state index contributed by atoms with van der Waals surface area (Å²) in [7, 11) is 0. The second-order valence-electron chi connectivity index (χ2n) is 5.00. The Kier molecular flexibility index (Phi) is 2.53. The van der Waals surface area contributed by atoms with Gasteiger partial charge in [0.25, 0.3) is 0 Å². The van der Waals surface area contributed by atoms with Gasteiger partial charge < -0.3 is 5.11 Å². The Labute approximate surface area is 96.3 Å². The minimum atomic E-state index is -0.660. The zero-order chi connectivity index (χ0) is 11.9. The smallest absolute Gasteiger partial charge is 0.314 e. The summed E-state index contributed by atoms with van der Waals surface area (Å²) in [6.45, 7) is 6.12. The maximum atomic E-state index is 11.5. The number of carbonyl (C=O) groups is 1. The molecule has 0 atom stereocenters. The lowest BCUT2D eigenvalue weighted by Crippen LogP contribution is -2.43. The molecule has 2 nitrogen and oxygen atoms in total. The summed E-state index contributed by atoms with van der Waals surface area (Å²) in [5.74, 6) is -0.660. The van der Waals surface area contributed by atoms with Crippen LogP contribution in [0.5, 0.6) is 0 Å². The van der Waals surface area contributed by atoms with Gasteiger partial charge in [-0.1, -0.05) is 24.1 Å². The monoisotopic (exact) mass is 218 g/mol. The Balaban J connectivity index is 2.59. The molecule has 1 aliphatic carbocycles. The van der Waals surface area contributed by atoms with Crippen molar-refractivity contribution in [2.24, 2.45) is 0 Å². The molecule has 1 fully saturated rings. The van der Waals surface area contributed by atoms with Crippen LogP contribution in [0, 0.1) is 20.8 Å². The number of benzene rings is 1. The molecule has 16 heavy (non-hydrogen) atoms. The summed E-state index contributed by atoms with van der Waals surface area (Å²) < 4.78 is 0. The molecule has 1 aliphatic rings. The zero-order valence-corrected chi connectivity index (χ0v) is 10.1. The van der Waals surface area contributed by atoms with Crippen molar-refractivity contribution in [3.8, 4) is 0 Å². The number of carboxylic acids is 1. The highest BCUT2D eigenvalue weighted by molar-refractivity contribution is 5.83. The van der Waals surface area contributed by atoms with Gasteiger partial charge in [-0.25, -0.2) is 0 Å². The van der Waals surface area contributed by atoms with E-state index in [0.29, 0.717) is 0 Å². The van der Waals surface area contributed by atoms with Crippen molar-refractivity contribution >= 4 is 5.97 Å². The molecule has 0 radical (unpaired) electrons. The fourth-order valence-electron chi connectivity index (χ4n) is 2.67. The van der Waals surface area contributed by atoms with Gasteiger partial charge in [0.15, 0.2) is 0 Å². The van der Waals surface area contributed by atoms with Gasteiger partial charge in [0.1, 0.15) is 0 Å². The molecule has 0 aromatic heterocycles. The van der Waals surface area contributed by atoms with Gasteiger partial charge in [-0.2, -0.15) is 0 Å². The van der Waals surface area contributed by atoms with Crippen LogP contribution in [-0.4, -0.2) is 11.1 Å². The summed E-state index contributed by atoms with van der Waals surface area (Å²) >= 11 is 0. The van der Waals surface area contributed by atoms with Gasteiger partial charge in [-0.3, -0.25) is 4.79 Å². The average molecular weight is 218 g/mol. The standard InChI is InChI=1S/C14H18O2/c1-9-7-10(2)11(3)12(8-9)14(13(15)16)5-4-6-14/h7-8H,4-6H2,1-3H3,(H,15,16). The molecule has 0 saturated heterocycles. The highest BCUT2D eigenvalue weighted by Gasteiger charge is 2.46. The lowest BCUT2D eigenvalue weighted by Gasteiger charge is -2.39. The zero-order valence-electron chi connectivity index (χ0n) is 10.1. The molecule has 0 amide bonds. The fraction of sp³-hybridized carbons (Fsp3) is 0.500. The van der Waals surface area contributed by atoms with Crippen LogP contribution >= 0.6 is 0 Å². The van der Waals surface area contributed by atoms with E-state index in [1.54, 1.807) is 0 Å². The predicted molar refractivity (Wildman–Crippen MR) is 63.8 cm³/mol. The summed E-state index contributed by atoms with van der Waals surface area (Å²) in [5, 5.41) is 9.44. The van der Waals surface area contributed by atoms with Gasteiger partial charge in [0.05, 0.1) is 5.41 Å². The number of rotatable bonds is 2. The molecule has 0 bridgehead atoms. The first-order valence-electron chi connectivity index (χ1n) is 5.79. The van der Waals surface area contributed by atoms with E-state index in [1.807, 2.05) is 13.8 Å². The van der Waals surface area contributed by atoms with Crippen LogP contribution in [0.1, 0.15) is 41.5 Å². The van der Waals surface area contributed by atoms with Crippen molar-refractivity contribution < 1.29 is 9.90 Å². The van der Waals surface area contributed by atoms with Crippen LogP contribution in [0.4, 0.5) is 0 Å². The average Bonchev–Trinajstić information content (AvgIpc) is 2.10. The first kappa shape index (κ1) is 11.2. The second-order valence-corrected chi connectivity index (χ2v) is 5.00. The van der Waals surface area contributed by atoms with Crippen LogP contribution in [0.2, 0.25) is 0 Å². The summed E-state index contributed by atoms with van der Waals surface area (Å²) in [6, 6.07) is 4.17. The molecule has 0 aliphatic heterocycles. The van der Waals surface area contributed by atoms with Crippen LogP contribution < -0.4 is 0 Å². The van der Waals surface area contributed by atoms with Crippen molar-refractivity contribution in [3.05, 3.63) is 34.4 Å². The number of hydrogen-bond donors (Lipinski definition) is 1. The third-order valence-electron chi connectivity index (χ3n) is 3.94. The molecule has 1 aromatic carbocycles. The molecule has 0 heterocycles. The molecule has 2 heteroatoms. The van der Waals surface area contributed by atoms with Gasteiger partial charge in [0, 0.05) is 0 Å². The van der Waals surface area contributed by atoms with Crippen LogP contribution in [0.3, 0.4) is 0 Å². The van der Waals surface area contributed by atoms with E-state index < -0.39 is 11.4 Å². The van der Waals surface area contributed by atoms with Crippen molar-refractivity contribution in [2.75, 3.05) is 0 Å². The Morgan fingerprint density at radius 3 is 2.31 bits per heavy atom. The van der Waals surface area contributed by atoms with E-state index in [4.69, 9.17) is 0 Å². The maximum Gasteiger partial charge on any atom is 0.314 e. The molecule has 1 aromatic rings. The third kappa shape index (κ3) is 1.44. The van der Waals surface area contributed by atoms with Gasteiger partial charge in [0.2, 0.25) is 0 Å². The molecule has 0 spiro atoms. The molecule has 1 saturated carbocycles. The van der Waals surface area contributed by atoms with Gasteiger partial charge in [-0.15, -0.1) is 0 Å². The maximum absolute atomic E-state index is 11.5. The summed E-state index contributed by atoms with van der Waals surface area (Å²) in [4.78, 5) is 11.5. The normalized spacial score (nSPS) is 17.9. The van der Waals surface area contributed by atoms with Gasteiger partial charge >= 0.3 is 5.97 Å². The molecule has 1 N–H and O–H groups in total. The molecule has 0 unspecified atom stereocenters. The van der Waals surface area contributed by atoms with E-state index in [0.717, 1.165) is 36.0 Å². The highest BCUT2D eigenvalue weighted by atomic mass is 16.4. The van der Waals surface area contributed by atoms with Crippen molar-refractivity contribution in [2.45, 2.75) is 45.4 Å². The van der Waals surface area contributed by atoms with Crippen LogP contribution in [-0.2, 0) is 10.2 Å². The number of hydrogen-bond acceptors (Lipinski definition) is 1.